The second-order valence-electron chi connectivity index (χ2n) is 8.98. The molecule has 0 bridgehead atoms. The van der Waals surface area contributed by atoms with Gasteiger partial charge in [0, 0.05) is 22.6 Å². The molecule has 1 N–H and O–H groups in total. The van der Waals surface area contributed by atoms with Gasteiger partial charge in [0.1, 0.15) is 5.75 Å². The standard InChI is InChI=1S/C32H33NO4S/c1-3-36-32(35)23(2)37-28-17-10-18-29(21-28)38-19-11-16-26-20-27(22-33-31(26)34)30(24-12-6-4-7-13-24)25-14-8-5-9-15-25/h4-10,12-15,17-18,20-23,30H,3,11,16,19H2,1-2H3,(H,33,34). The van der Waals surface area contributed by atoms with Crippen molar-refractivity contribution in [2.75, 3.05) is 12.4 Å². The maximum Gasteiger partial charge on any atom is 0.347 e. The second kappa shape index (κ2) is 13.7. The summed E-state index contributed by atoms with van der Waals surface area (Å²) >= 11 is 1.70. The molecular formula is C32H33NO4S. The number of thioether (sulfide) groups is 1. The summed E-state index contributed by atoms with van der Waals surface area (Å²) in [6.07, 6.45) is 2.71. The van der Waals surface area contributed by atoms with Gasteiger partial charge in [-0.2, -0.15) is 0 Å². The van der Waals surface area contributed by atoms with Crippen molar-refractivity contribution in [1.29, 1.82) is 0 Å². The number of pyridine rings is 1. The molecule has 1 aromatic heterocycles. The van der Waals surface area contributed by atoms with Crippen molar-refractivity contribution in [1.82, 2.24) is 4.98 Å². The first-order chi connectivity index (χ1) is 18.5. The Bertz CT molecular complexity index is 1330. The first-order valence-corrected chi connectivity index (χ1v) is 13.9. The van der Waals surface area contributed by atoms with Crippen molar-refractivity contribution in [2.24, 2.45) is 0 Å². The highest BCUT2D eigenvalue weighted by Crippen LogP contribution is 2.31. The lowest BCUT2D eigenvalue weighted by Crippen LogP contribution is -2.26. The topological polar surface area (TPSA) is 68.4 Å². The van der Waals surface area contributed by atoms with Gasteiger partial charge in [0.25, 0.3) is 5.56 Å². The van der Waals surface area contributed by atoms with Crippen LogP contribution < -0.4 is 10.3 Å². The number of hydrogen-bond donors (Lipinski definition) is 1. The molecule has 0 saturated heterocycles. The minimum absolute atomic E-state index is 0.0398. The molecule has 1 unspecified atom stereocenters. The minimum Gasteiger partial charge on any atom is -0.479 e. The molecule has 5 nitrogen and oxygen atoms in total. The largest absolute Gasteiger partial charge is 0.479 e. The smallest absolute Gasteiger partial charge is 0.347 e. The van der Waals surface area contributed by atoms with Crippen LogP contribution in [-0.4, -0.2) is 29.4 Å². The molecule has 3 aromatic carbocycles. The summed E-state index contributed by atoms with van der Waals surface area (Å²) in [6, 6.07) is 30.5. The molecule has 6 heteroatoms. The Kier molecular flexibility index (Phi) is 9.82. The Morgan fingerprint density at radius 3 is 2.24 bits per heavy atom. The number of aromatic amines is 1. The lowest BCUT2D eigenvalue weighted by molar-refractivity contribution is -0.150. The van der Waals surface area contributed by atoms with Crippen molar-refractivity contribution < 1.29 is 14.3 Å². The zero-order valence-electron chi connectivity index (χ0n) is 21.8. The van der Waals surface area contributed by atoms with Crippen molar-refractivity contribution in [3.63, 3.8) is 0 Å². The van der Waals surface area contributed by atoms with Gasteiger partial charge in [0.2, 0.25) is 0 Å². The number of hydrogen-bond acceptors (Lipinski definition) is 5. The van der Waals surface area contributed by atoms with E-state index in [1.54, 1.807) is 25.6 Å². The molecule has 4 aromatic rings. The molecule has 0 spiro atoms. The van der Waals surface area contributed by atoms with Crippen molar-refractivity contribution in [2.45, 2.75) is 43.6 Å². The summed E-state index contributed by atoms with van der Waals surface area (Å²) in [5.41, 5.74) is 4.20. The maximum absolute atomic E-state index is 12.7. The number of aromatic nitrogens is 1. The normalized spacial score (nSPS) is 11.8. The van der Waals surface area contributed by atoms with Gasteiger partial charge in [-0.3, -0.25) is 4.79 Å². The van der Waals surface area contributed by atoms with E-state index in [1.165, 1.54) is 11.1 Å². The Morgan fingerprint density at radius 1 is 0.895 bits per heavy atom. The average Bonchev–Trinajstić information content (AvgIpc) is 2.94. The third kappa shape index (κ3) is 7.39. The number of carbonyl (C=O) groups excluding carboxylic acids is 1. The van der Waals surface area contributed by atoms with Gasteiger partial charge in [-0.05, 0) is 73.4 Å². The number of carbonyl (C=O) groups is 1. The fourth-order valence-electron chi connectivity index (χ4n) is 4.37. The van der Waals surface area contributed by atoms with Crippen LogP contribution in [0.25, 0.3) is 0 Å². The van der Waals surface area contributed by atoms with Gasteiger partial charge in [0.05, 0.1) is 6.61 Å². The fourth-order valence-corrected chi connectivity index (χ4v) is 5.27. The quantitative estimate of drug-likeness (QED) is 0.128. The first kappa shape index (κ1) is 27.3. The molecule has 1 atom stereocenters. The van der Waals surface area contributed by atoms with E-state index in [1.807, 2.05) is 66.9 Å². The number of ether oxygens (including phenoxy) is 2. The number of esters is 1. The summed E-state index contributed by atoms with van der Waals surface area (Å²) in [5, 5.41) is 0. The van der Waals surface area contributed by atoms with E-state index in [0.29, 0.717) is 18.8 Å². The SMILES string of the molecule is CCOC(=O)C(C)Oc1cccc(SCCCc2cc(C(c3ccccc3)c3ccccc3)c[nH]c2=O)c1. The van der Waals surface area contributed by atoms with Gasteiger partial charge < -0.3 is 14.5 Å². The predicted octanol–water partition coefficient (Wildman–Crippen LogP) is 6.61. The van der Waals surface area contributed by atoms with Crippen LogP contribution >= 0.6 is 11.8 Å². The molecule has 4 rings (SSSR count). The van der Waals surface area contributed by atoms with Gasteiger partial charge in [-0.15, -0.1) is 11.8 Å². The molecule has 0 fully saturated rings. The summed E-state index contributed by atoms with van der Waals surface area (Å²) in [5.74, 6) is 1.15. The van der Waals surface area contributed by atoms with Crippen molar-refractivity contribution in [3.8, 4) is 5.75 Å². The highest BCUT2D eigenvalue weighted by molar-refractivity contribution is 7.99. The van der Waals surface area contributed by atoms with Crippen LogP contribution in [0.1, 0.15) is 48.4 Å². The number of H-pyrrole nitrogens is 1. The summed E-state index contributed by atoms with van der Waals surface area (Å²) in [6.45, 7) is 3.79. The van der Waals surface area contributed by atoms with E-state index in [4.69, 9.17) is 9.47 Å². The van der Waals surface area contributed by atoms with Crippen LogP contribution in [-0.2, 0) is 16.0 Å². The van der Waals surface area contributed by atoms with E-state index in [0.717, 1.165) is 28.2 Å². The molecule has 0 aliphatic heterocycles. The van der Waals surface area contributed by atoms with E-state index >= 15 is 0 Å². The molecule has 196 valence electrons. The summed E-state index contributed by atoms with van der Waals surface area (Å²) < 4.78 is 10.7. The van der Waals surface area contributed by atoms with Gasteiger partial charge in [0.15, 0.2) is 6.10 Å². The van der Waals surface area contributed by atoms with Gasteiger partial charge >= 0.3 is 5.97 Å². The highest BCUT2D eigenvalue weighted by Gasteiger charge is 2.18. The zero-order valence-corrected chi connectivity index (χ0v) is 22.6. The Balaban J connectivity index is 1.41. The Morgan fingerprint density at radius 2 is 1.58 bits per heavy atom. The monoisotopic (exact) mass is 527 g/mol. The number of rotatable bonds is 12. The van der Waals surface area contributed by atoms with Crippen LogP contribution in [0.4, 0.5) is 0 Å². The third-order valence-electron chi connectivity index (χ3n) is 6.20. The van der Waals surface area contributed by atoms with Crippen molar-refractivity contribution in [3.05, 3.63) is 130 Å². The molecule has 0 saturated carbocycles. The molecule has 0 aliphatic rings. The highest BCUT2D eigenvalue weighted by atomic mass is 32.2. The first-order valence-electron chi connectivity index (χ1n) is 12.9. The van der Waals surface area contributed by atoms with E-state index in [-0.39, 0.29) is 17.4 Å². The van der Waals surface area contributed by atoms with Gasteiger partial charge in [-0.1, -0.05) is 66.7 Å². The van der Waals surface area contributed by atoms with Crippen LogP contribution in [0.3, 0.4) is 0 Å². The summed E-state index contributed by atoms with van der Waals surface area (Å²) in [4.78, 5) is 28.5. The Hall–Kier alpha value is -3.77. The molecular weight excluding hydrogens is 494 g/mol. The van der Waals surface area contributed by atoms with Crippen LogP contribution in [0, 0.1) is 0 Å². The molecule has 1 heterocycles. The maximum atomic E-state index is 12.7. The van der Waals surface area contributed by atoms with Crippen LogP contribution in [0.15, 0.2) is 107 Å². The lowest BCUT2D eigenvalue weighted by atomic mass is 9.85. The second-order valence-corrected chi connectivity index (χ2v) is 10.1. The zero-order chi connectivity index (χ0) is 26.7. The average molecular weight is 528 g/mol. The van der Waals surface area contributed by atoms with E-state index in [2.05, 4.69) is 35.3 Å². The summed E-state index contributed by atoms with van der Waals surface area (Å²) in [7, 11) is 0. The van der Waals surface area contributed by atoms with Crippen LogP contribution in [0.2, 0.25) is 0 Å². The van der Waals surface area contributed by atoms with Gasteiger partial charge in [-0.25, -0.2) is 4.79 Å². The third-order valence-corrected chi connectivity index (χ3v) is 7.28. The minimum atomic E-state index is -0.662. The number of aryl methyl sites for hydroxylation is 1. The number of nitrogens with one attached hydrogen (secondary N) is 1. The van der Waals surface area contributed by atoms with Crippen molar-refractivity contribution >= 4 is 17.7 Å². The lowest BCUT2D eigenvalue weighted by Gasteiger charge is -2.19. The molecule has 0 aliphatic carbocycles. The Labute approximate surface area is 228 Å². The predicted molar refractivity (Wildman–Crippen MR) is 153 cm³/mol. The molecule has 38 heavy (non-hydrogen) atoms. The van der Waals surface area contributed by atoms with E-state index in [9.17, 15) is 9.59 Å². The van der Waals surface area contributed by atoms with Crippen LogP contribution in [0.5, 0.6) is 5.75 Å². The molecule has 0 radical (unpaired) electrons. The fraction of sp³-hybridized carbons (Fsp3) is 0.250. The number of benzene rings is 3. The molecule has 0 amide bonds. The van der Waals surface area contributed by atoms with E-state index < -0.39 is 6.10 Å².